The van der Waals surface area contributed by atoms with Gasteiger partial charge >= 0.3 is 0 Å². The number of rotatable bonds is 3. The van der Waals surface area contributed by atoms with Crippen LogP contribution in [-0.4, -0.2) is 23.0 Å². The summed E-state index contributed by atoms with van der Waals surface area (Å²) in [4.78, 5) is 19.2. The molecular weight excluding hydrogens is 311 g/mol. The highest BCUT2D eigenvalue weighted by atomic mass is 35.5. The van der Waals surface area contributed by atoms with Gasteiger partial charge in [0.05, 0.1) is 7.11 Å². The molecule has 1 amide bonds. The van der Waals surface area contributed by atoms with Crippen molar-refractivity contribution in [2.75, 3.05) is 12.4 Å². The number of amides is 1. The minimum absolute atomic E-state index is 0.0443. The van der Waals surface area contributed by atoms with Crippen LogP contribution in [-0.2, 0) is 0 Å². The first kappa shape index (κ1) is 15.0. The highest BCUT2D eigenvalue weighted by molar-refractivity contribution is 6.29. The van der Waals surface area contributed by atoms with E-state index >= 15 is 0 Å². The van der Waals surface area contributed by atoms with Gasteiger partial charge in [0.1, 0.15) is 28.2 Å². The Labute approximate surface area is 121 Å². The Morgan fingerprint density at radius 2 is 1.81 bits per heavy atom. The summed E-state index contributed by atoms with van der Waals surface area (Å²) in [7, 11) is 1.31. The number of nitrogens with one attached hydrogen (secondary N) is 1. The third-order valence-electron chi connectivity index (χ3n) is 2.34. The fourth-order valence-corrected chi connectivity index (χ4v) is 1.65. The third kappa shape index (κ3) is 3.40. The van der Waals surface area contributed by atoms with Crippen molar-refractivity contribution in [2.45, 2.75) is 0 Å². The van der Waals surface area contributed by atoms with Crippen LogP contribution in [0, 0.1) is 17.5 Å². The Morgan fingerprint density at radius 1 is 1.19 bits per heavy atom. The zero-order chi connectivity index (χ0) is 15.6. The zero-order valence-electron chi connectivity index (χ0n) is 10.5. The molecule has 0 radical (unpaired) electrons. The van der Waals surface area contributed by atoms with E-state index in [4.69, 9.17) is 16.3 Å². The number of carbonyl (C=O) groups excluding carboxylic acids is 1. The maximum atomic E-state index is 13.5. The molecule has 2 aromatic rings. The largest absolute Gasteiger partial charge is 0.481 e. The van der Waals surface area contributed by atoms with Crippen molar-refractivity contribution >= 4 is 23.5 Å². The Bertz CT molecular complexity index is 689. The summed E-state index contributed by atoms with van der Waals surface area (Å²) < 4.78 is 44.5. The van der Waals surface area contributed by atoms with Crippen molar-refractivity contribution in [1.29, 1.82) is 0 Å². The average Bonchev–Trinajstić information content (AvgIpc) is 2.36. The fourth-order valence-electron chi connectivity index (χ4n) is 1.48. The molecule has 0 atom stereocenters. The highest BCUT2D eigenvalue weighted by Crippen LogP contribution is 2.19. The molecule has 9 heteroatoms. The van der Waals surface area contributed by atoms with Crippen molar-refractivity contribution in [2.24, 2.45) is 0 Å². The van der Waals surface area contributed by atoms with Crippen LogP contribution >= 0.6 is 11.6 Å². The maximum absolute atomic E-state index is 13.5. The SMILES string of the molecule is COc1cc(Cl)nc(NC(=O)c2c(F)cc(F)cc2F)n1. The molecule has 1 N–H and O–H groups in total. The van der Waals surface area contributed by atoms with Crippen molar-refractivity contribution in [1.82, 2.24) is 9.97 Å². The molecule has 2 rings (SSSR count). The van der Waals surface area contributed by atoms with E-state index in [1.54, 1.807) is 0 Å². The number of halogens is 4. The third-order valence-corrected chi connectivity index (χ3v) is 2.53. The second-order valence-electron chi connectivity index (χ2n) is 3.76. The first-order valence-corrected chi connectivity index (χ1v) is 5.83. The standard InChI is InChI=1S/C12H7ClF3N3O2/c1-21-9-4-8(13)17-12(18-9)19-11(20)10-6(15)2-5(14)3-7(10)16/h2-4H,1H3,(H,17,18,19,20). The summed E-state index contributed by atoms with van der Waals surface area (Å²) in [6.07, 6.45) is 0. The van der Waals surface area contributed by atoms with Crippen molar-refractivity contribution in [3.05, 3.63) is 46.4 Å². The molecule has 0 aliphatic rings. The van der Waals surface area contributed by atoms with Gasteiger partial charge in [0.25, 0.3) is 5.91 Å². The minimum atomic E-state index is -1.35. The van der Waals surface area contributed by atoms with Gasteiger partial charge in [0, 0.05) is 18.2 Å². The molecule has 0 bridgehead atoms. The number of hydrogen-bond acceptors (Lipinski definition) is 4. The predicted octanol–water partition coefficient (Wildman–Crippen LogP) is 2.81. The van der Waals surface area contributed by atoms with E-state index in [0.717, 1.165) is 0 Å². The highest BCUT2D eigenvalue weighted by Gasteiger charge is 2.20. The Kier molecular flexibility index (Phi) is 4.27. The molecule has 0 unspecified atom stereocenters. The van der Waals surface area contributed by atoms with E-state index in [-0.39, 0.29) is 17.0 Å². The summed E-state index contributed by atoms with van der Waals surface area (Å²) >= 11 is 5.66. The first-order valence-electron chi connectivity index (χ1n) is 5.45. The zero-order valence-corrected chi connectivity index (χ0v) is 11.2. The van der Waals surface area contributed by atoms with Gasteiger partial charge in [-0.25, -0.2) is 18.2 Å². The lowest BCUT2D eigenvalue weighted by atomic mass is 10.2. The Balaban J connectivity index is 2.32. The van der Waals surface area contributed by atoms with E-state index in [2.05, 4.69) is 9.97 Å². The molecule has 1 heterocycles. The molecule has 0 fully saturated rings. The minimum Gasteiger partial charge on any atom is -0.481 e. The van der Waals surface area contributed by atoms with Crippen LogP contribution in [0.5, 0.6) is 5.88 Å². The van der Waals surface area contributed by atoms with Gasteiger partial charge in [0.15, 0.2) is 0 Å². The van der Waals surface area contributed by atoms with Crippen molar-refractivity contribution in [3.8, 4) is 5.88 Å². The van der Waals surface area contributed by atoms with Gasteiger partial charge in [0.2, 0.25) is 11.8 Å². The van der Waals surface area contributed by atoms with Gasteiger partial charge in [-0.05, 0) is 0 Å². The number of ether oxygens (including phenoxy) is 1. The van der Waals surface area contributed by atoms with Crippen molar-refractivity contribution < 1.29 is 22.7 Å². The molecular formula is C12H7ClF3N3O2. The van der Waals surface area contributed by atoms with Crippen LogP contribution in [0.25, 0.3) is 0 Å². The second-order valence-corrected chi connectivity index (χ2v) is 4.14. The molecule has 0 aliphatic heterocycles. The molecule has 1 aromatic carbocycles. The van der Waals surface area contributed by atoms with Gasteiger partial charge in [-0.15, -0.1) is 0 Å². The number of aromatic nitrogens is 2. The summed E-state index contributed by atoms with van der Waals surface area (Å²) in [5.74, 6) is -5.28. The summed E-state index contributed by atoms with van der Waals surface area (Å²) in [6, 6.07) is 2.05. The van der Waals surface area contributed by atoms with E-state index in [0.29, 0.717) is 12.1 Å². The molecule has 0 spiro atoms. The lowest BCUT2D eigenvalue weighted by Crippen LogP contribution is -2.18. The predicted molar refractivity (Wildman–Crippen MR) is 67.9 cm³/mol. The molecule has 0 saturated heterocycles. The van der Waals surface area contributed by atoms with Gasteiger partial charge in [-0.2, -0.15) is 4.98 Å². The molecule has 21 heavy (non-hydrogen) atoms. The summed E-state index contributed by atoms with van der Waals surface area (Å²) in [5, 5.41) is 2.00. The number of hydrogen-bond donors (Lipinski definition) is 1. The first-order chi connectivity index (χ1) is 9.90. The van der Waals surface area contributed by atoms with Crippen molar-refractivity contribution in [3.63, 3.8) is 0 Å². The number of carbonyl (C=O) groups is 1. The topological polar surface area (TPSA) is 64.1 Å². The maximum Gasteiger partial charge on any atom is 0.263 e. The van der Waals surface area contributed by atoms with Gasteiger partial charge in [-0.1, -0.05) is 11.6 Å². The normalized spacial score (nSPS) is 10.3. The van der Waals surface area contributed by atoms with Crippen LogP contribution in [0.4, 0.5) is 19.1 Å². The summed E-state index contributed by atoms with van der Waals surface area (Å²) in [6.45, 7) is 0. The monoisotopic (exact) mass is 317 g/mol. The lowest BCUT2D eigenvalue weighted by Gasteiger charge is -2.07. The van der Waals surface area contributed by atoms with E-state index < -0.39 is 28.9 Å². The summed E-state index contributed by atoms with van der Waals surface area (Å²) in [5.41, 5.74) is -0.959. The average molecular weight is 318 g/mol. The van der Waals surface area contributed by atoms with E-state index in [9.17, 15) is 18.0 Å². The second kappa shape index (κ2) is 5.96. The van der Waals surface area contributed by atoms with E-state index in [1.165, 1.54) is 13.2 Å². The Hall–Kier alpha value is -2.35. The molecule has 0 saturated carbocycles. The van der Waals surface area contributed by atoms with Gasteiger partial charge in [-0.3, -0.25) is 10.1 Å². The quantitative estimate of drug-likeness (QED) is 0.884. The molecule has 5 nitrogen and oxygen atoms in total. The van der Waals surface area contributed by atoms with Crippen LogP contribution < -0.4 is 10.1 Å². The number of benzene rings is 1. The van der Waals surface area contributed by atoms with Crippen LogP contribution in [0.1, 0.15) is 10.4 Å². The van der Waals surface area contributed by atoms with Crippen LogP contribution in [0.2, 0.25) is 5.15 Å². The van der Waals surface area contributed by atoms with Crippen LogP contribution in [0.3, 0.4) is 0 Å². The van der Waals surface area contributed by atoms with Gasteiger partial charge < -0.3 is 4.74 Å². The number of anilines is 1. The molecule has 110 valence electrons. The van der Waals surface area contributed by atoms with Crippen LogP contribution in [0.15, 0.2) is 18.2 Å². The smallest absolute Gasteiger partial charge is 0.263 e. The lowest BCUT2D eigenvalue weighted by molar-refractivity contribution is 0.101. The molecule has 0 aliphatic carbocycles. The number of nitrogens with zero attached hydrogens (tertiary/aromatic N) is 2. The molecule has 1 aromatic heterocycles. The fraction of sp³-hybridized carbons (Fsp3) is 0.0833. The number of methoxy groups -OCH3 is 1. The Morgan fingerprint density at radius 3 is 2.38 bits per heavy atom. The van der Waals surface area contributed by atoms with E-state index in [1.807, 2.05) is 5.32 Å².